The fourth-order valence-electron chi connectivity index (χ4n) is 0.724. The minimum atomic E-state index is -0.596. The Bertz CT molecular complexity index is 266. The molecule has 0 spiro atoms. The number of hydrogen-bond acceptors (Lipinski definition) is 1. The van der Waals surface area contributed by atoms with Gasteiger partial charge >= 0.3 is 0 Å². The van der Waals surface area contributed by atoms with Gasteiger partial charge in [0.05, 0.1) is 0 Å². The molecule has 1 aromatic carbocycles. The van der Waals surface area contributed by atoms with Crippen molar-refractivity contribution in [1.29, 1.82) is 0 Å². The Labute approximate surface area is 69.2 Å². The van der Waals surface area contributed by atoms with Crippen molar-refractivity contribution in [3.05, 3.63) is 46.3 Å². The second-order valence-corrected chi connectivity index (χ2v) is 2.36. The predicted molar refractivity (Wildman–Crippen MR) is 44.2 cm³/mol. The van der Waals surface area contributed by atoms with Crippen molar-refractivity contribution >= 4 is 11.6 Å². The molecule has 0 aliphatic heterocycles. The van der Waals surface area contributed by atoms with Gasteiger partial charge in [0.2, 0.25) is 0 Å². The summed E-state index contributed by atoms with van der Waals surface area (Å²) in [6, 6.07) is 9.19. The topological polar surface area (TPSA) is 48.8 Å². The average molecular weight is 168 g/mol. The van der Waals surface area contributed by atoms with E-state index >= 15 is 0 Å². The van der Waals surface area contributed by atoms with Gasteiger partial charge in [0, 0.05) is 4.91 Å². The molecule has 1 atom stereocenters. The van der Waals surface area contributed by atoms with E-state index in [4.69, 9.17) is 17.1 Å². The molecule has 0 N–H and O–H groups in total. The Kier molecular flexibility index (Phi) is 2.78. The molecular formula is C7H6ClN3. The monoisotopic (exact) mass is 167 g/mol. The molecule has 0 aromatic heterocycles. The van der Waals surface area contributed by atoms with Gasteiger partial charge in [-0.1, -0.05) is 35.4 Å². The molecule has 0 saturated carbocycles. The van der Waals surface area contributed by atoms with Crippen LogP contribution < -0.4 is 0 Å². The lowest BCUT2D eigenvalue weighted by Crippen LogP contribution is -1.82. The first kappa shape index (κ1) is 7.92. The first-order valence-corrected chi connectivity index (χ1v) is 3.51. The van der Waals surface area contributed by atoms with E-state index in [0.29, 0.717) is 0 Å². The van der Waals surface area contributed by atoms with Gasteiger partial charge in [-0.15, -0.1) is 11.6 Å². The molecule has 1 rings (SSSR count). The maximum absolute atomic E-state index is 8.07. The van der Waals surface area contributed by atoms with Crippen LogP contribution in [0.15, 0.2) is 35.4 Å². The number of benzene rings is 1. The van der Waals surface area contributed by atoms with Crippen LogP contribution in [0.5, 0.6) is 0 Å². The van der Waals surface area contributed by atoms with Gasteiger partial charge in [-0.05, 0) is 11.1 Å². The van der Waals surface area contributed by atoms with Crippen LogP contribution in [0.4, 0.5) is 0 Å². The van der Waals surface area contributed by atoms with Crippen molar-refractivity contribution in [2.75, 3.05) is 0 Å². The highest BCUT2D eigenvalue weighted by Crippen LogP contribution is 2.20. The van der Waals surface area contributed by atoms with Crippen LogP contribution in [0.3, 0.4) is 0 Å². The zero-order valence-corrected chi connectivity index (χ0v) is 6.44. The molecule has 0 amide bonds. The SMILES string of the molecule is [N-]=[N+]=NC(Cl)c1ccccc1. The smallest absolute Gasteiger partial charge is 0.112 e. The molecule has 56 valence electrons. The molecule has 0 aliphatic carbocycles. The Morgan fingerprint density at radius 3 is 2.55 bits per heavy atom. The molecule has 0 fully saturated rings. The average Bonchev–Trinajstić information content (AvgIpc) is 2.07. The highest BCUT2D eigenvalue weighted by atomic mass is 35.5. The summed E-state index contributed by atoms with van der Waals surface area (Å²) >= 11 is 5.69. The minimum absolute atomic E-state index is 0.596. The van der Waals surface area contributed by atoms with Crippen molar-refractivity contribution in [2.24, 2.45) is 5.11 Å². The second kappa shape index (κ2) is 3.86. The Morgan fingerprint density at radius 2 is 2.00 bits per heavy atom. The van der Waals surface area contributed by atoms with Crippen molar-refractivity contribution in [3.8, 4) is 0 Å². The minimum Gasteiger partial charge on any atom is -0.112 e. The van der Waals surface area contributed by atoms with Gasteiger partial charge in [0.15, 0.2) is 0 Å². The summed E-state index contributed by atoms with van der Waals surface area (Å²) in [5, 5.41) is 3.34. The lowest BCUT2D eigenvalue weighted by atomic mass is 10.2. The molecule has 1 aromatic rings. The third kappa shape index (κ3) is 2.15. The van der Waals surface area contributed by atoms with Crippen molar-refractivity contribution in [3.63, 3.8) is 0 Å². The summed E-state index contributed by atoms with van der Waals surface area (Å²) in [5.41, 5.74) is 8.29. The van der Waals surface area contributed by atoms with Crippen molar-refractivity contribution in [1.82, 2.24) is 0 Å². The molecule has 0 aliphatic rings. The summed E-state index contributed by atoms with van der Waals surface area (Å²) in [7, 11) is 0. The summed E-state index contributed by atoms with van der Waals surface area (Å²) in [5.74, 6) is 0. The highest BCUT2D eigenvalue weighted by molar-refractivity contribution is 6.20. The molecule has 0 radical (unpaired) electrons. The van der Waals surface area contributed by atoms with Crippen LogP contribution in [0.2, 0.25) is 0 Å². The third-order valence-corrected chi connectivity index (χ3v) is 1.57. The van der Waals surface area contributed by atoms with E-state index in [1.54, 1.807) is 0 Å². The fraction of sp³-hybridized carbons (Fsp3) is 0.143. The normalized spacial score (nSPS) is 11.7. The van der Waals surface area contributed by atoms with E-state index in [1.165, 1.54) is 0 Å². The van der Waals surface area contributed by atoms with Gasteiger partial charge in [0.25, 0.3) is 0 Å². The van der Waals surface area contributed by atoms with Crippen LogP contribution in [-0.2, 0) is 0 Å². The van der Waals surface area contributed by atoms with Crippen molar-refractivity contribution < 1.29 is 0 Å². The molecule has 3 nitrogen and oxygen atoms in total. The van der Waals surface area contributed by atoms with Crippen LogP contribution in [0.25, 0.3) is 10.4 Å². The molecule has 11 heavy (non-hydrogen) atoms. The van der Waals surface area contributed by atoms with E-state index in [1.807, 2.05) is 30.3 Å². The molecule has 0 heterocycles. The van der Waals surface area contributed by atoms with E-state index in [9.17, 15) is 0 Å². The van der Waals surface area contributed by atoms with E-state index < -0.39 is 5.50 Å². The molecule has 0 saturated heterocycles. The standard InChI is InChI=1S/C7H6ClN3/c8-7(10-11-9)6-4-2-1-3-5-6/h1-5,7H. The summed E-state index contributed by atoms with van der Waals surface area (Å²) < 4.78 is 0. The van der Waals surface area contributed by atoms with Gasteiger partial charge in [0.1, 0.15) is 5.50 Å². The number of halogens is 1. The summed E-state index contributed by atoms with van der Waals surface area (Å²) in [6.07, 6.45) is 0. The summed E-state index contributed by atoms with van der Waals surface area (Å²) in [6.45, 7) is 0. The highest BCUT2D eigenvalue weighted by Gasteiger charge is 2.01. The maximum Gasteiger partial charge on any atom is 0.137 e. The van der Waals surface area contributed by atoms with E-state index in [2.05, 4.69) is 10.0 Å². The van der Waals surface area contributed by atoms with E-state index in [0.717, 1.165) is 5.56 Å². The van der Waals surface area contributed by atoms with Crippen molar-refractivity contribution in [2.45, 2.75) is 5.50 Å². The Balaban J connectivity index is 2.84. The quantitative estimate of drug-likeness (QED) is 0.214. The third-order valence-electron chi connectivity index (χ3n) is 1.23. The van der Waals surface area contributed by atoms with Gasteiger partial charge in [-0.25, -0.2) is 0 Å². The summed E-state index contributed by atoms with van der Waals surface area (Å²) in [4.78, 5) is 2.61. The largest absolute Gasteiger partial charge is 0.137 e. The second-order valence-electron chi connectivity index (χ2n) is 1.95. The maximum atomic E-state index is 8.07. The van der Waals surface area contributed by atoms with Crippen LogP contribution in [0, 0.1) is 0 Å². The number of azide groups is 1. The molecule has 4 heteroatoms. The zero-order valence-electron chi connectivity index (χ0n) is 5.68. The number of nitrogens with zero attached hydrogens (tertiary/aromatic N) is 3. The van der Waals surface area contributed by atoms with E-state index in [-0.39, 0.29) is 0 Å². The number of rotatable bonds is 2. The van der Waals surface area contributed by atoms with Gasteiger partial charge in [-0.2, -0.15) is 0 Å². The molecular weight excluding hydrogens is 162 g/mol. The fourth-order valence-corrected chi connectivity index (χ4v) is 0.908. The zero-order chi connectivity index (χ0) is 8.10. The lowest BCUT2D eigenvalue weighted by molar-refractivity contribution is 0.998. The van der Waals surface area contributed by atoms with Gasteiger partial charge in [-0.3, -0.25) is 0 Å². The first-order valence-electron chi connectivity index (χ1n) is 3.08. The molecule has 0 bridgehead atoms. The van der Waals surface area contributed by atoms with Crippen LogP contribution in [-0.4, -0.2) is 0 Å². The van der Waals surface area contributed by atoms with Crippen LogP contribution >= 0.6 is 11.6 Å². The number of alkyl halides is 1. The lowest BCUT2D eigenvalue weighted by Gasteiger charge is -1.99. The van der Waals surface area contributed by atoms with Crippen LogP contribution in [0.1, 0.15) is 11.1 Å². The number of hydrogen-bond donors (Lipinski definition) is 0. The van der Waals surface area contributed by atoms with Gasteiger partial charge < -0.3 is 0 Å². The first-order chi connectivity index (χ1) is 5.34. The Hall–Kier alpha value is -1.18. The Morgan fingerprint density at radius 1 is 1.36 bits per heavy atom. The molecule has 1 unspecified atom stereocenters. The predicted octanol–water partition coefficient (Wildman–Crippen LogP) is 3.23.